The van der Waals surface area contributed by atoms with E-state index in [1.54, 1.807) is 17.0 Å². The molecule has 2 aromatic carbocycles. The Hall–Kier alpha value is -3.62. The van der Waals surface area contributed by atoms with Crippen molar-refractivity contribution < 1.29 is 18.0 Å². The standard InChI is InChI=1S/C25H25F3N4O2/c1-17-6-7-18(2)21(14-17)22-8-9-23(33)32(29-22)16-24(34)31-12-10-30(11-13-31)20-5-3-4-19(15-20)25(26,27)28/h3-9,14-15H,10-13,16H2,1-2H3. The van der Waals surface area contributed by atoms with Crippen molar-refractivity contribution in [3.63, 3.8) is 0 Å². The first-order chi connectivity index (χ1) is 16.1. The minimum Gasteiger partial charge on any atom is -0.368 e. The summed E-state index contributed by atoms with van der Waals surface area (Å²) in [6.07, 6.45) is -4.40. The van der Waals surface area contributed by atoms with Crippen LogP contribution in [-0.2, 0) is 17.5 Å². The van der Waals surface area contributed by atoms with Crippen LogP contribution in [0.2, 0.25) is 0 Å². The lowest BCUT2D eigenvalue weighted by molar-refractivity contribution is -0.137. The second-order valence-electron chi connectivity index (χ2n) is 8.45. The molecule has 1 aliphatic rings. The number of piperazine rings is 1. The number of alkyl halides is 3. The van der Waals surface area contributed by atoms with E-state index in [1.807, 2.05) is 36.9 Å². The first kappa shape index (κ1) is 23.5. The molecule has 34 heavy (non-hydrogen) atoms. The first-order valence-electron chi connectivity index (χ1n) is 11.0. The topological polar surface area (TPSA) is 58.4 Å². The fourth-order valence-electron chi connectivity index (χ4n) is 4.04. The van der Waals surface area contributed by atoms with Crippen LogP contribution in [0.1, 0.15) is 16.7 Å². The van der Waals surface area contributed by atoms with Gasteiger partial charge in [0.1, 0.15) is 6.54 Å². The number of carbonyl (C=O) groups is 1. The van der Waals surface area contributed by atoms with Crippen molar-refractivity contribution >= 4 is 11.6 Å². The van der Waals surface area contributed by atoms with Gasteiger partial charge < -0.3 is 9.80 Å². The fraction of sp³-hybridized carbons (Fsp3) is 0.320. The summed E-state index contributed by atoms with van der Waals surface area (Å²) in [4.78, 5) is 28.7. The van der Waals surface area contributed by atoms with Crippen LogP contribution in [0.25, 0.3) is 11.3 Å². The SMILES string of the molecule is Cc1ccc(C)c(-c2ccc(=O)n(CC(=O)N3CCN(c4cccc(C(F)(F)F)c4)CC3)n2)c1. The van der Waals surface area contributed by atoms with Gasteiger partial charge >= 0.3 is 6.18 Å². The third-order valence-corrected chi connectivity index (χ3v) is 5.99. The summed E-state index contributed by atoms with van der Waals surface area (Å²) in [7, 11) is 0. The minimum atomic E-state index is -4.40. The van der Waals surface area contributed by atoms with Gasteiger partial charge in [-0.25, -0.2) is 4.68 Å². The van der Waals surface area contributed by atoms with Gasteiger partial charge in [0.05, 0.1) is 11.3 Å². The van der Waals surface area contributed by atoms with Crippen molar-refractivity contribution in [3.05, 3.63) is 81.6 Å². The molecular formula is C25H25F3N4O2. The van der Waals surface area contributed by atoms with Crippen molar-refractivity contribution in [1.82, 2.24) is 14.7 Å². The van der Waals surface area contributed by atoms with Crippen molar-refractivity contribution in [2.75, 3.05) is 31.1 Å². The number of hydrogen-bond acceptors (Lipinski definition) is 4. The van der Waals surface area contributed by atoms with Crippen LogP contribution in [0.5, 0.6) is 0 Å². The lowest BCUT2D eigenvalue weighted by Crippen LogP contribution is -2.50. The summed E-state index contributed by atoms with van der Waals surface area (Å²) in [6, 6.07) is 14.2. The Kier molecular flexibility index (Phi) is 6.45. The molecule has 1 aliphatic heterocycles. The third-order valence-electron chi connectivity index (χ3n) is 5.99. The molecule has 0 spiro atoms. The Labute approximate surface area is 195 Å². The molecule has 1 amide bonds. The second kappa shape index (κ2) is 9.32. The number of aryl methyl sites for hydroxylation is 2. The van der Waals surface area contributed by atoms with E-state index in [9.17, 15) is 22.8 Å². The maximum absolute atomic E-state index is 13.0. The fourth-order valence-corrected chi connectivity index (χ4v) is 4.04. The number of rotatable bonds is 4. The number of benzene rings is 2. The maximum Gasteiger partial charge on any atom is 0.416 e. The minimum absolute atomic E-state index is 0.193. The lowest BCUT2D eigenvalue weighted by Gasteiger charge is -2.36. The molecule has 2 heterocycles. The molecule has 178 valence electrons. The van der Waals surface area contributed by atoms with Gasteiger partial charge in [-0.05, 0) is 49.7 Å². The second-order valence-corrected chi connectivity index (χ2v) is 8.45. The average molecular weight is 470 g/mol. The summed E-state index contributed by atoms with van der Waals surface area (Å²) in [5.74, 6) is -0.253. The zero-order chi connectivity index (χ0) is 24.5. The zero-order valence-electron chi connectivity index (χ0n) is 19.0. The molecular weight excluding hydrogens is 445 g/mol. The van der Waals surface area contributed by atoms with Gasteiger partial charge in [0, 0.05) is 43.5 Å². The maximum atomic E-state index is 13.0. The first-order valence-corrected chi connectivity index (χ1v) is 11.0. The van der Waals surface area contributed by atoms with Gasteiger partial charge in [-0.2, -0.15) is 18.3 Å². The van der Waals surface area contributed by atoms with Crippen molar-refractivity contribution in [2.45, 2.75) is 26.6 Å². The molecule has 0 N–H and O–H groups in total. The summed E-state index contributed by atoms with van der Waals surface area (Å²) in [5, 5.41) is 4.41. The van der Waals surface area contributed by atoms with Crippen LogP contribution >= 0.6 is 0 Å². The quantitative estimate of drug-likeness (QED) is 0.581. The van der Waals surface area contributed by atoms with Gasteiger partial charge in [0.15, 0.2) is 0 Å². The smallest absolute Gasteiger partial charge is 0.368 e. The molecule has 0 aliphatic carbocycles. The molecule has 0 unspecified atom stereocenters. The highest BCUT2D eigenvalue weighted by Gasteiger charge is 2.31. The molecule has 0 saturated carbocycles. The Morgan fingerprint density at radius 3 is 2.41 bits per heavy atom. The van der Waals surface area contributed by atoms with Crippen molar-refractivity contribution in [2.24, 2.45) is 0 Å². The Balaban J connectivity index is 1.44. The molecule has 1 aromatic heterocycles. The van der Waals surface area contributed by atoms with Crippen molar-refractivity contribution in [3.8, 4) is 11.3 Å². The zero-order valence-corrected chi connectivity index (χ0v) is 19.0. The van der Waals surface area contributed by atoms with Crippen LogP contribution in [0.4, 0.5) is 18.9 Å². The Bertz CT molecular complexity index is 1260. The van der Waals surface area contributed by atoms with E-state index >= 15 is 0 Å². The van der Waals surface area contributed by atoms with Gasteiger partial charge in [-0.1, -0.05) is 23.8 Å². The predicted octanol–water partition coefficient (Wildman–Crippen LogP) is 3.89. The molecule has 1 fully saturated rings. The molecule has 3 aromatic rings. The molecule has 0 atom stereocenters. The third kappa shape index (κ3) is 5.13. The number of carbonyl (C=O) groups excluding carboxylic acids is 1. The van der Waals surface area contributed by atoms with Crippen LogP contribution in [0, 0.1) is 13.8 Å². The number of nitrogens with zero attached hydrogens (tertiary/aromatic N) is 4. The normalized spacial score (nSPS) is 14.4. The summed E-state index contributed by atoms with van der Waals surface area (Å²) < 4.78 is 40.2. The largest absolute Gasteiger partial charge is 0.416 e. The predicted molar refractivity (Wildman–Crippen MR) is 124 cm³/mol. The van der Waals surface area contributed by atoms with Crippen molar-refractivity contribution in [1.29, 1.82) is 0 Å². The highest BCUT2D eigenvalue weighted by molar-refractivity contribution is 5.76. The van der Waals surface area contributed by atoms with Crippen LogP contribution in [-0.4, -0.2) is 46.8 Å². The number of halogens is 3. The molecule has 0 bridgehead atoms. The summed E-state index contributed by atoms with van der Waals surface area (Å²) in [6.45, 7) is 5.24. The van der Waals surface area contributed by atoms with E-state index in [-0.39, 0.29) is 18.0 Å². The van der Waals surface area contributed by atoms with Gasteiger partial charge in [-0.3, -0.25) is 9.59 Å². The highest BCUT2D eigenvalue weighted by Crippen LogP contribution is 2.32. The van der Waals surface area contributed by atoms with E-state index in [0.717, 1.165) is 28.8 Å². The van der Waals surface area contributed by atoms with Gasteiger partial charge in [0.2, 0.25) is 5.91 Å². The molecule has 0 radical (unpaired) electrons. The van der Waals surface area contributed by atoms with Crippen LogP contribution in [0.15, 0.2) is 59.4 Å². The average Bonchev–Trinajstić information content (AvgIpc) is 2.82. The lowest BCUT2D eigenvalue weighted by atomic mass is 10.0. The highest BCUT2D eigenvalue weighted by atomic mass is 19.4. The molecule has 9 heteroatoms. The van der Waals surface area contributed by atoms with Gasteiger partial charge in [0.25, 0.3) is 5.56 Å². The molecule has 1 saturated heterocycles. The Morgan fingerprint density at radius 1 is 0.971 bits per heavy atom. The van der Waals surface area contributed by atoms with E-state index in [0.29, 0.717) is 37.6 Å². The number of amides is 1. The van der Waals surface area contributed by atoms with E-state index < -0.39 is 11.7 Å². The number of hydrogen-bond donors (Lipinski definition) is 0. The Morgan fingerprint density at radius 2 is 1.71 bits per heavy atom. The molecule has 6 nitrogen and oxygen atoms in total. The van der Waals surface area contributed by atoms with Crippen LogP contribution < -0.4 is 10.5 Å². The van der Waals surface area contributed by atoms with E-state index in [4.69, 9.17) is 0 Å². The number of aromatic nitrogens is 2. The molecule has 4 rings (SSSR count). The van der Waals surface area contributed by atoms with Gasteiger partial charge in [-0.15, -0.1) is 0 Å². The van der Waals surface area contributed by atoms with E-state index in [2.05, 4.69) is 5.10 Å². The summed E-state index contributed by atoms with van der Waals surface area (Å²) >= 11 is 0. The van der Waals surface area contributed by atoms with Crippen LogP contribution in [0.3, 0.4) is 0 Å². The summed E-state index contributed by atoms with van der Waals surface area (Å²) in [5.41, 5.74) is 3.00. The monoisotopic (exact) mass is 470 g/mol. The number of anilines is 1. The van der Waals surface area contributed by atoms with E-state index in [1.165, 1.54) is 16.8 Å².